The van der Waals surface area contributed by atoms with Crippen molar-refractivity contribution in [2.45, 2.75) is 70.0 Å². The number of aromatic nitrogens is 2. The Bertz CT molecular complexity index is 956. The molecule has 10 heteroatoms. The topological polar surface area (TPSA) is 101 Å². The maximum Gasteiger partial charge on any atom is 0.419 e. The molecule has 1 unspecified atom stereocenters. The van der Waals surface area contributed by atoms with Gasteiger partial charge >= 0.3 is 6.18 Å². The van der Waals surface area contributed by atoms with Crippen molar-refractivity contribution in [1.82, 2.24) is 15.0 Å². The number of hydrogen-bond acceptors (Lipinski definition) is 5. The third kappa shape index (κ3) is 5.59. The van der Waals surface area contributed by atoms with Gasteiger partial charge in [0.05, 0.1) is 12.2 Å². The van der Waals surface area contributed by atoms with Crippen molar-refractivity contribution >= 4 is 5.96 Å². The molecule has 0 bridgehead atoms. The van der Waals surface area contributed by atoms with E-state index in [1.54, 1.807) is 4.90 Å². The lowest BCUT2D eigenvalue weighted by Gasteiger charge is -2.21. The average molecular weight is 466 g/mol. The van der Waals surface area contributed by atoms with E-state index >= 15 is 0 Å². The minimum Gasteiger partial charge on any atom is -0.493 e. The first-order chi connectivity index (χ1) is 15.8. The van der Waals surface area contributed by atoms with E-state index in [2.05, 4.69) is 10.1 Å². The number of rotatable bonds is 7. The van der Waals surface area contributed by atoms with Gasteiger partial charge in [0.15, 0.2) is 5.96 Å². The van der Waals surface area contributed by atoms with Gasteiger partial charge in [-0.3, -0.25) is 5.41 Å². The van der Waals surface area contributed by atoms with Crippen LogP contribution in [0, 0.1) is 11.3 Å². The van der Waals surface area contributed by atoms with E-state index in [0.717, 1.165) is 25.3 Å². The highest BCUT2D eigenvalue weighted by molar-refractivity contribution is 5.75. The van der Waals surface area contributed by atoms with Crippen LogP contribution in [0.5, 0.6) is 5.75 Å². The van der Waals surface area contributed by atoms with Crippen LogP contribution in [0.1, 0.15) is 75.3 Å². The Balaban J connectivity index is 1.45. The van der Waals surface area contributed by atoms with E-state index < -0.39 is 11.7 Å². The summed E-state index contributed by atoms with van der Waals surface area (Å²) in [5.41, 5.74) is 4.94. The zero-order valence-corrected chi connectivity index (χ0v) is 18.5. The van der Waals surface area contributed by atoms with Gasteiger partial charge in [-0.1, -0.05) is 37.3 Å². The minimum absolute atomic E-state index is 0.0646. The van der Waals surface area contributed by atoms with Gasteiger partial charge in [0.25, 0.3) is 0 Å². The number of guanidine groups is 1. The summed E-state index contributed by atoms with van der Waals surface area (Å²) >= 11 is 0. The zero-order chi connectivity index (χ0) is 23.4. The summed E-state index contributed by atoms with van der Waals surface area (Å²) in [4.78, 5) is 5.94. The largest absolute Gasteiger partial charge is 0.493 e. The average Bonchev–Trinajstić information content (AvgIpc) is 3.46. The van der Waals surface area contributed by atoms with E-state index in [-0.39, 0.29) is 41.6 Å². The first-order valence-electron chi connectivity index (χ1n) is 11.6. The van der Waals surface area contributed by atoms with Gasteiger partial charge in [0.1, 0.15) is 11.8 Å². The van der Waals surface area contributed by atoms with Gasteiger partial charge in [0.2, 0.25) is 11.7 Å². The van der Waals surface area contributed by atoms with Crippen molar-refractivity contribution in [3.8, 4) is 17.1 Å². The second kappa shape index (κ2) is 10.0. The Labute approximate surface area is 191 Å². The van der Waals surface area contributed by atoms with Crippen molar-refractivity contribution in [1.29, 1.82) is 5.41 Å². The standard InChI is InChI=1S/C23H30F3N5O2/c24-23(25,26)17-14-16(10-11-19(17)32-13-5-8-15-6-2-1-3-7-15)20-29-21(33-30-20)18-9-4-12-31(18)22(27)28/h10-11,14-15,18H,1-9,12-13H2,(H3,27,28). The molecular weight excluding hydrogens is 435 g/mol. The van der Waals surface area contributed by atoms with E-state index in [0.29, 0.717) is 18.9 Å². The molecule has 4 rings (SSSR count). The van der Waals surface area contributed by atoms with Gasteiger partial charge in [0, 0.05) is 12.1 Å². The first-order valence-corrected chi connectivity index (χ1v) is 11.6. The zero-order valence-electron chi connectivity index (χ0n) is 18.5. The number of nitrogens with zero attached hydrogens (tertiary/aromatic N) is 3. The van der Waals surface area contributed by atoms with Crippen molar-refractivity contribution in [2.75, 3.05) is 13.2 Å². The van der Waals surface area contributed by atoms with Crippen LogP contribution in [0.4, 0.5) is 13.2 Å². The summed E-state index contributed by atoms with van der Waals surface area (Å²) in [7, 11) is 0. The third-order valence-electron chi connectivity index (χ3n) is 6.57. The quantitative estimate of drug-likeness (QED) is 0.317. The van der Waals surface area contributed by atoms with E-state index in [1.165, 1.54) is 44.2 Å². The molecule has 1 aromatic carbocycles. The normalized spacial score (nSPS) is 19.7. The second-order valence-corrected chi connectivity index (χ2v) is 8.90. The van der Waals surface area contributed by atoms with E-state index in [9.17, 15) is 13.2 Å². The summed E-state index contributed by atoms with van der Waals surface area (Å²) in [6.45, 7) is 0.858. The predicted molar refractivity (Wildman–Crippen MR) is 117 cm³/mol. The molecule has 1 saturated carbocycles. The van der Waals surface area contributed by atoms with E-state index in [4.69, 9.17) is 20.4 Å². The van der Waals surface area contributed by atoms with Crippen LogP contribution in [0.15, 0.2) is 22.7 Å². The van der Waals surface area contributed by atoms with Gasteiger partial charge in [-0.2, -0.15) is 18.2 Å². The van der Waals surface area contributed by atoms with Gasteiger partial charge in [-0.05, 0) is 49.8 Å². The molecule has 33 heavy (non-hydrogen) atoms. The van der Waals surface area contributed by atoms with Gasteiger partial charge < -0.3 is 19.9 Å². The number of hydrogen-bond donors (Lipinski definition) is 2. The SMILES string of the molecule is N=C(N)N1CCCC1c1nc(-c2ccc(OCCCC3CCCCC3)c(C(F)(F)F)c2)no1. The van der Waals surface area contributed by atoms with Crippen LogP contribution in [0.2, 0.25) is 0 Å². The minimum atomic E-state index is -4.57. The molecule has 0 radical (unpaired) electrons. The number of alkyl halides is 3. The lowest BCUT2D eigenvalue weighted by atomic mass is 9.86. The van der Waals surface area contributed by atoms with Crippen molar-refractivity contribution in [3.05, 3.63) is 29.7 Å². The predicted octanol–water partition coefficient (Wildman–Crippen LogP) is 5.53. The third-order valence-corrected chi connectivity index (χ3v) is 6.57. The Kier molecular flexibility index (Phi) is 7.09. The first kappa shape index (κ1) is 23.4. The molecule has 0 spiro atoms. The molecule has 3 N–H and O–H groups in total. The fourth-order valence-electron chi connectivity index (χ4n) is 4.85. The number of nitrogens with one attached hydrogen (secondary N) is 1. The fourth-order valence-corrected chi connectivity index (χ4v) is 4.85. The number of halogens is 3. The van der Waals surface area contributed by atoms with Crippen LogP contribution in [0.3, 0.4) is 0 Å². The number of ether oxygens (including phenoxy) is 1. The monoisotopic (exact) mass is 465 g/mol. The molecule has 0 amide bonds. The van der Waals surface area contributed by atoms with Crippen LogP contribution in [0.25, 0.3) is 11.4 Å². The molecule has 2 aromatic rings. The molecule has 1 aliphatic heterocycles. The smallest absolute Gasteiger partial charge is 0.419 e. The summed E-state index contributed by atoms with van der Waals surface area (Å²) in [6.07, 6.45) is 4.85. The summed E-state index contributed by atoms with van der Waals surface area (Å²) in [5.74, 6) is 0.695. The van der Waals surface area contributed by atoms with Crippen LogP contribution in [-0.2, 0) is 6.18 Å². The molecule has 1 atom stereocenters. The Morgan fingerprint density at radius 3 is 2.70 bits per heavy atom. The van der Waals surface area contributed by atoms with Crippen molar-refractivity contribution in [3.63, 3.8) is 0 Å². The maximum atomic E-state index is 13.7. The lowest BCUT2D eigenvalue weighted by Crippen LogP contribution is -2.35. The number of benzene rings is 1. The molecule has 2 fully saturated rings. The molecule has 1 aliphatic carbocycles. The van der Waals surface area contributed by atoms with Gasteiger partial charge in [-0.15, -0.1) is 0 Å². The molecule has 2 heterocycles. The molecule has 1 aromatic heterocycles. The highest BCUT2D eigenvalue weighted by Crippen LogP contribution is 2.39. The molecule has 7 nitrogen and oxygen atoms in total. The fraction of sp³-hybridized carbons (Fsp3) is 0.609. The lowest BCUT2D eigenvalue weighted by molar-refractivity contribution is -0.138. The van der Waals surface area contributed by atoms with Crippen molar-refractivity contribution in [2.24, 2.45) is 11.7 Å². The molecule has 2 aliphatic rings. The second-order valence-electron chi connectivity index (χ2n) is 8.90. The number of nitrogens with two attached hydrogens (primary N) is 1. The molecular formula is C23H30F3N5O2. The van der Waals surface area contributed by atoms with Crippen molar-refractivity contribution < 1.29 is 22.4 Å². The van der Waals surface area contributed by atoms with Crippen LogP contribution >= 0.6 is 0 Å². The molecule has 180 valence electrons. The highest BCUT2D eigenvalue weighted by atomic mass is 19.4. The Hall–Kier alpha value is -2.78. The van der Waals surface area contributed by atoms with Gasteiger partial charge in [-0.25, -0.2) is 0 Å². The number of likely N-dealkylation sites (tertiary alicyclic amines) is 1. The summed E-state index contributed by atoms with van der Waals surface area (Å²) in [6, 6.07) is 3.50. The summed E-state index contributed by atoms with van der Waals surface area (Å²) in [5, 5.41) is 11.5. The highest BCUT2D eigenvalue weighted by Gasteiger charge is 2.36. The Morgan fingerprint density at radius 1 is 1.18 bits per heavy atom. The maximum absolute atomic E-state index is 13.7. The van der Waals surface area contributed by atoms with Crippen LogP contribution in [-0.4, -0.2) is 34.2 Å². The summed E-state index contributed by atoms with van der Waals surface area (Å²) < 4.78 is 52.1. The Morgan fingerprint density at radius 2 is 1.97 bits per heavy atom. The molecule has 1 saturated heterocycles. The van der Waals surface area contributed by atoms with Crippen LogP contribution < -0.4 is 10.5 Å². The van der Waals surface area contributed by atoms with E-state index in [1.807, 2.05) is 0 Å².